The zero-order valence-electron chi connectivity index (χ0n) is 33.0. The van der Waals surface area contributed by atoms with Crippen LogP contribution in [0.2, 0.25) is 0 Å². The summed E-state index contributed by atoms with van der Waals surface area (Å²) >= 11 is 0. The Balaban J connectivity index is 1.13. The molecule has 58 heavy (non-hydrogen) atoms. The van der Waals surface area contributed by atoms with Crippen LogP contribution in [0.25, 0.3) is 0 Å². The van der Waals surface area contributed by atoms with Crippen LogP contribution >= 0.6 is 0 Å². The molecule has 2 fully saturated rings. The van der Waals surface area contributed by atoms with E-state index >= 15 is 0 Å². The predicted octanol–water partition coefficient (Wildman–Crippen LogP) is 2.92. The van der Waals surface area contributed by atoms with Crippen molar-refractivity contribution in [2.24, 2.45) is 11.7 Å². The molecule has 2 aromatic rings. The molecule has 7 N–H and O–H groups in total. The zero-order valence-corrected chi connectivity index (χ0v) is 33.0. The predicted molar refractivity (Wildman–Crippen MR) is 207 cm³/mol. The van der Waals surface area contributed by atoms with Gasteiger partial charge in [-0.1, -0.05) is 106 Å². The van der Waals surface area contributed by atoms with Crippen molar-refractivity contribution in [1.29, 1.82) is 0 Å². The van der Waals surface area contributed by atoms with Crippen LogP contribution in [-0.4, -0.2) is 120 Å². The Morgan fingerprint density at radius 1 is 0.690 bits per heavy atom. The second-order valence-electron chi connectivity index (χ2n) is 15.0. The third-order valence-corrected chi connectivity index (χ3v) is 10.7. The summed E-state index contributed by atoms with van der Waals surface area (Å²) in [7, 11) is 0. The molecule has 16 nitrogen and oxygen atoms in total. The smallest absolute Gasteiger partial charge is 0.408 e. The number of alkyl carbamates (subject to hydrolysis) is 2. The lowest BCUT2D eigenvalue weighted by atomic mass is 9.80. The highest BCUT2D eigenvalue weighted by Gasteiger charge is 2.52. The van der Waals surface area contributed by atoms with Crippen molar-refractivity contribution in [2.75, 3.05) is 6.61 Å². The maximum atomic E-state index is 12.9. The van der Waals surface area contributed by atoms with E-state index < -0.39 is 92.4 Å². The molecule has 15 atom stereocenters. The Morgan fingerprint density at radius 3 is 1.66 bits per heavy atom. The fourth-order valence-electron chi connectivity index (χ4n) is 7.44. The molecule has 3 aliphatic heterocycles. The number of carbonyl (C=O) groups is 2. The highest BCUT2D eigenvalue weighted by molar-refractivity contribution is 5.68. The van der Waals surface area contributed by atoms with E-state index in [1.807, 2.05) is 87.5 Å². The van der Waals surface area contributed by atoms with Gasteiger partial charge < -0.3 is 69.6 Å². The van der Waals surface area contributed by atoms with Gasteiger partial charge in [-0.05, 0) is 36.3 Å². The summed E-state index contributed by atoms with van der Waals surface area (Å²) in [6.07, 6.45) is -3.86. The zero-order chi connectivity index (χ0) is 41.2. The molecule has 2 amide bonds. The van der Waals surface area contributed by atoms with E-state index in [2.05, 4.69) is 10.6 Å². The largest absolute Gasteiger partial charge is 0.445 e. The summed E-state index contributed by atoms with van der Waals surface area (Å²) < 4.78 is 48.5. The van der Waals surface area contributed by atoms with Crippen molar-refractivity contribution < 1.29 is 62.8 Å². The minimum atomic E-state index is -1.49. The Morgan fingerprint density at radius 2 is 1.17 bits per heavy atom. The number of carbonyl (C=O) groups excluding carboxylic acids is 2. The highest BCUT2D eigenvalue weighted by Crippen LogP contribution is 2.36. The number of rotatable bonds is 15. The summed E-state index contributed by atoms with van der Waals surface area (Å²) in [5.74, 6) is -0.287. The Hall–Kier alpha value is -3.94. The summed E-state index contributed by atoms with van der Waals surface area (Å²) in [6.45, 7) is 5.33. The summed E-state index contributed by atoms with van der Waals surface area (Å²) in [5.41, 5.74) is 8.02. The van der Waals surface area contributed by atoms with Gasteiger partial charge in [-0.2, -0.15) is 0 Å². The normalized spacial score (nSPS) is 35.9. The number of ether oxygens (including phenoxy) is 8. The second-order valence-corrected chi connectivity index (χ2v) is 15.0. The summed E-state index contributed by atoms with van der Waals surface area (Å²) in [4.78, 5) is 25.7. The lowest BCUT2D eigenvalue weighted by molar-refractivity contribution is -0.286. The van der Waals surface area contributed by atoms with Gasteiger partial charge in [0, 0.05) is 6.04 Å². The van der Waals surface area contributed by atoms with Gasteiger partial charge in [-0.3, -0.25) is 0 Å². The molecule has 0 spiro atoms. The molecule has 0 bridgehead atoms. The number of hydrogen-bond donors (Lipinski definition) is 6. The van der Waals surface area contributed by atoms with E-state index in [9.17, 15) is 24.9 Å². The van der Waals surface area contributed by atoms with Crippen LogP contribution < -0.4 is 16.4 Å². The van der Waals surface area contributed by atoms with E-state index in [-0.39, 0.29) is 31.3 Å². The standard InChI is InChI=1S/C42H57N3O13/c1-4-27-16-18-30(44-41(49)51-22-25-12-8-6-9-13-25)38(53-27)56-35-24(3)20-29(43)33(47)37(35)58-40-34(48)36(32(21-46)55-40)57-39-31(19-17-28(5-2)54-39)45-42(50)52-23-26-14-10-7-11-15-26/h6-19,24,27-40,46-48H,4-5,20-23,43H2,1-3H3,(H,44,49)(H,45,50). The van der Waals surface area contributed by atoms with Gasteiger partial charge in [-0.15, -0.1) is 0 Å². The first-order valence-corrected chi connectivity index (χ1v) is 20.0. The first-order chi connectivity index (χ1) is 28.1. The molecule has 0 radical (unpaired) electrons. The minimum Gasteiger partial charge on any atom is -0.445 e. The van der Waals surface area contributed by atoms with Crippen LogP contribution in [0.3, 0.4) is 0 Å². The summed E-state index contributed by atoms with van der Waals surface area (Å²) in [6, 6.07) is 16.2. The second kappa shape index (κ2) is 20.8. The van der Waals surface area contributed by atoms with Crippen LogP contribution in [0, 0.1) is 5.92 Å². The molecule has 3 heterocycles. The van der Waals surface area contributed by atoms with Crippen LogP contribution in [0.1, 0.15) is 51.2 Å². The van der Waals surface area contributed by atoms with E-state index in [1.54, 1.807) is 18.2 Å². The molecule has 2 aromatic carbocycles. The number of amides is 2. The van der Waals surface area contributed by atoms with E-state index in [0.29, 0.717) is 19.3 Å². The van der Waals surface area contributed by atoms with Crippen molar-refractivity contribution >= 4 is 12.2 Å². The Kier molecular flexibility index (Phi) is 15.7. The van der Waals surface area contributed by atoms with Gasteiger partial charge in [-0.25, -0.2) is 9.59 Å². The van der Waals surface area contributed by atoms with Crippen molar-refractivity contribution in [2.45, 2.75) is 139 Å². The number of benzene rings is 2. The lowest BCUT2D eigenvalue weighted by Crippen LogP contribution is -2.61. The third-order valence-electron chi connectivity index (χ3n) is 10.7. The maximum Gasteiger partial charge on any atom is 0.408 e. The first-order valence-electron chi connectivity index (χ1n) is 20.0. The number of aliphatic hydroxyl groups is 3. The molecular weight excluding hydrogens is 754 g/mol. The van der Waals surface area contributed by atoms with Gasteiger partial charge in [0.05, 0.1) is 31.0 Å². The Bertz CT molecular complexity index is 1650. The molecule has 4 aliphatic rings. The van der Waals surface area contributed by atoms with Crippen molar-refractivity contribution in [3.05, 3.63) is 96.1 Å². The third kappa shape index (κ3) is 11.2. The highest BCUT2D eigenvalue weighted by atomic mass is 16.8. The SMILES string of the molecule is CCC1C=CC(NC(=O)OCc2ccccc2)C(OC2C(CO)OC(OC3C(O)C(N)CC(C)C3OC3OC(CC)C=CC3NC(=O)OCc3ccccc3)C2O)O1. The topological polar surface area (TPSA) is 219 Å². The average Bonchev–Trinajstić information content (AvgIpc) is 3.54. The molecule has 6 rings (SSSR count). The molecule has 318 valence electrons. The molecule has 15 unspecified atom stereocenters. The lowest BCUT2D eigenvalue weighted by Gasteiger charge is -2.45. The van der Waals surface area contributed by atoms with Crippen molar-refractivity contribution in [1.82, 2.24) is 10.6 Å². The molecule has 1 saturated heterocycles. The first kappa shape index (κ1) is 43.6. The number of nitrogens with two attached hydrogens (primary N) is 1. The summed E-state index contributed by atoms with van der Waals surface area (Å²) in [5, 5.41) is 39.1. The Labute approximate surface area is 338 Å². The molecule has 1 saturated carbocycles. The van der Waals surface area contributed by atoms with Gasteiger partial charge in [0.25, 0.3) is 0 Å². The van der Waals surface area contributed by atoms with E-state index in [4.69, 9.17) is 43.6 Å². The monoisotopic (exact) mass is 811 g/mol. The van der Waals surface area contributed by atoms with Crippen LogP contribution in [0.15, 0.2) is 85.0 Å². The molecule has 0 aromatic heterocycles. The molecular formula is C42H57N3O13. The quantitative estimate of drug-likeness (QED) is 0.143. The number of hydrogen-bond acceptors (Lipinski definition) is 14. The van der Waals surface area contributed by atoms with E-state index in [0.717, 1.165) is 11.1 Å². The van der Waals surface area contributed by atoms with Crippen molar-refractivity contribution in [3.63, 3.8) is 0 Å². The number of aliphatic hydroxyl groups excluding tert-OH is 3. The van der Waals surface area contributed by atoms with E-state index in [1.165, 1.54) is 0 Å². The fraction of sp³-hybridized carbons (Fsp3) is 0.571. The molecule has 1 aliphatic carbocycles. The van der Waals surface area contributed by atoms with Crippen molar-refractivity contribution in [3.8, 4) is 0 Å². The van der Waals surface area contributed by atoms with Gasteiger partial charge in [0.1, 0.15) is 49.7 Å². The number of nitrogens with one attached hydrogen (secondary N) is 2. The fourth-order valence-corrected chi connectivity index (χ4v) is 7.44. The minimum absolute atomic E-state index is 0.0507. The van der Waals surface area contributed by atoms with Crippen LogP contribution in [0.4, 0.5) is 9.59 Å². The maximum absolute atomic E-state index is 12.9. The van der Waals surface area contributed by atoms with Gasteiger partial charge in [0.15, 0.2) is 18.9 Å². The average molecular weight is 812 g/mol. The van der Waals surface area contributed by atoms with Crippen LogP contribution in [-0.2, 0) is 51.1 Å². The molecule has 16 heteroatoms. The van der Waals surface area contributed by atoms with Crippen LogP contribution in [0.5, 0.6) is 0 Å². The van der Waals surface area contributed by atoms with Gasteiger partial charge in [0.2, 0.25) is 0 Å². The van der Waals surface area contributed by atoms with Gasteiger partial charge >= 0.3 is 12.2 Å².